The summed E-state index contributed by atoms with van der Waals surface area (Å²) in [4.78, 5) is 25.2. The van der Waals surface area contributed by atoms with Crippen LogP contribution in [0.2, 0.25) is 0 Å². The molecule has 1 aliphatic rings. The Balaban J connectivity index is 1.89. The number of rotatable bonds is 4. The molecule has 1 saturated carbocycles. The van der Waals surface area contributed by atoms with Crippen LogP contribution in [0.25, 0.3) is 0 Å². The van der Waals surface area contributed by atoms with Gasteiger partial charge in [0.15, 0.2) is 6.19 Å². The van der Waals surface area contributed by atoms with Crippen molar-refractivity contribution in [3.8, 4) is 6.19 Å². The van der Waals surface area contributed by atoms with E-state index in [1.807, 2.05) is 36.5 Å². The molecule has 2 unspecified atom stereocenters. The molecule has 6 nitrogen and oxygen atoms in total. The van der Waals surface area contributed by atoms with Gasteiger partial charge in [-0.3, -0.25) is 9.69 Å². The quantitative estimate of drug-likeness (QED) is 0.683. The molecule has 1 aromatic carbocycles. The molecule has 0 spiro atoms. The van der Waals surface area contributed by atoms with E-state index in [9.17, 15) is 9.59 Å². The van der Waals surface area contributed by atoms with Gasteiger partial charge in [0.2, 0.25) is 5.91 Å². The number of hydrogen-bond donors (Lipinski definition) is 1. The number of carbonyl (C=O) groups is 2. The lowest BCUT2D eigenvalue weighted by Gasteiger charge is -2.31. The Hall–Kier alpha value is -2.55. The first-order chi connectivity index (χ1) is 11.1. The maximum atomic E-state index is 12.2. The highest BCUT2D eigenvalue weighted by molar-refractivity contribution is 5.81. The summed E-state index contributed by atoms with van der Waals surface area (Å²) in [6.07, 6.45) is 4.56. The predicted molar refractivity (Wildman–Crippen MR) is 83.9 cm³/mol. The van der Waals surface area contributed by atoms with Crippen molar-refractivity contribution in [2.75, 3.05) is 7.05 Å². The molecule has 2 rings (SSSR count). The minimum Gasteiger partial charge on any atom is -0.445 e. The van der Waals surface area contributed by atoms with Crippen LogP contribution in [0, 0.1) is 17.4 Å². The van der Waals surface area contributed by atoms with Crippen LogP contribution >= 0.6 is 0 Å². The number of benzene rings is 1. The number of nitrogens with one attached hydrogen (secondary N) is 1. The fraction of sp³-hybridized carbons (Fsp3) is 0.471. The summed E-state index contributed by atoms with van der Waals surface area (Å²) >= 11 is 0. The van der Waals surface area contributed by atoms with Crippen molar-refractivity contribution >= 4 is 12.0 Å². The van der Waals surface area contributed by atoms with Crippen molar-refractivity contribution in [1.82, 2.24) is 10.2 Å². The van der Waals surface area contributed by atoms with E-state index in [4.69, 9.17) is 10.00 Å². The van der Waals surface area contributed by atoms with Gasteiger partial charge < -0.3 is 10.1 Å². The lowest BCUT2D eigenvalue weighted by Crippen LogP contribution is -2.48. The smallest absolute Gasteiger partial charge is 0.407 e. The standard InChI is InChI=1S/C17H21N3O3/c1-20(12-18)16(21)14-9-5-6-10-15(14)19-17(22)23-11-13-7-3-2-4-8-13/h2-4,7-8,14-15H,5-6,9-11H2,1H3,(H,19,22). The molecule has 0 aliphatic heterocycles. The summed E-state index contributed by atoms with van der Waals surface area (Å²) < 4.78 is 5.21. The first-order valence-electron chi connectivity index (χ1n) is 7.76. The summed E-state index contributed by atoms with van der Waals surface area (Å²) in [6.45, 7) is 0.191. The Morgan fingerprint density at radius 1 is 1.30 bits per heavy atom. The third-order valence-electron chi connectivity index (χ3n) is 4.08. The van der Waals surface area contributed by atoms with Crippen LogP contribution in [-0.2, 0) is 16.1 Å². The van der Waals surface area contributed by atoms with Crippen LogP contribution in [0.15, 0.2) is 30.3 Å². The maximum Gasteiger partial charge on any atom is 0.407 e. The van der Waals surface area contributed by atoms with Gasteiger partial charge in [0.1, 0.15) is 6.61 Å². The molecular formula is C17H21N3O3. The van der Waals surface area contributed by atoms with E-state index in [2.05, 4.69) is 5.32 Å². The van der Waals surface area contributed by atoms with Gasteiger partial charge in [0.25, 0.3) is 0 Å². The van der Waals surface area contributed by atoms with E-state index in [0.717, 1.165) is 29.7 Å². The zero-order valence-electron chi connectivity index (χ0n) is 13.2. The highest BCUT2D eigenvalue weighted by atomic mass is 16.5. The molecule has 1 fully saturated rings. The Kier molecular flexibility index (Phi) is 5.98. The SMILES string of the molecule is CN(C#N)C(=O)C1CCCCC1NC(=O)OCc1ccccc1. The van der Waals surface area contributed by atoms with E-state index in [1.54, 1.807) is 0 Å². The molecule has 1 aliphatic carbocycles. The number of ether oxygens (including phenoxy) is 1. The molecule has 0 bridgehead atoms. The largest absolute Gasteiger partial charge is 0.445 e. The molecule has 0 heterocycles. The third kappa shape index (κ3) is 4.71. The number of alkyl carbamates (subject to hydrolysis) is 1. The summed E-state index contributed by atoms with van der Waals surface area (Å²) in [6, 6.07) is 9.13. The molecule has 2 amide bonds. The highest BCUT2D eigenvalue weighted by Gasteiger charge is 2.34. The number of amides is 2. The van der Waals surface area contributed by atoms with Crippen molar-refractivity contribution in [1.29, 1.82) is 5.26 Å². The van der Waals surface area contributed by atoms with Crippen LogP contribution in [0.1, 0.15) is 31.2 Å². The maximum absolute atomic E-state index is 12.2. The zero-order chi connectivity index (χ0) is 16.7. The van der Waals surface area contributed by atoms with E-state index in [1.165, 1.54) is 7.05 Å². The highest BCUT2D eigenvalue weighted by Crippen LogP contribution is 2.26. The summed E-state index contributed by atoms with van der Waals surface area (Å²) in [5, 5.41) is 11.6. The Labute approximate surface area is 136 Å². The normalized spacial score (nSPS) is 20.2. The van der Waals surface area contributed by atoms with Gasteiger partial charge in [0, 0.05) is 13.1 Å². The Bertz CT molecular complexity index is 582. The van der Waals surface area contributed by atoms with Gasteiger partial charge in [-0.05, 0) is 18.4 Å². The van der Waals surface area contributed by atoms with Crippen LogP contribution < -0.4 is 5.32 Å². The van der Waals surface area contributed by atoms with Gasteiger partial charge in [-0.25, -0.2) is 4.79 Å². The first-order valence-corrected chi connectivity index (χ1v) is 7.76. The zero-order valence-corrected chi connectivity index (χ0v) is 13.2. The molecule has 23 heavy (non-hydrogen) atoms. The summed E-state index contributed by atoms with van der Waals surface area (Å²) in [7, 11) is 1.45. The first kappa shape index (κ1) is 16.8. The van der Waals surface area contributed by atoms with Gasteiger partial charge >= 0.3 is 6.09 Å². The molecule has 0 radical (unpaired) electrons. The minimum absolute atomic E-state index is 0.191. The number of hydrogen-bond acceptors (Lipinski definition) is 4. The van der Waals surface area contributed by atoms with Crippen LogP contribution in [0.4, 0.5) is 4.79 Å². The topological polar surface area (TPSA) is 82.4 Å². The summed E-state index contributed by atoms with van der Waals surface area (Å²) in [5.41, 5.74) is 0.906. The molecule has 1 N–H and O–H groups in total. The van der Waals surface area contributed by atoms with Gasteiger partial charge in [-0.2, -0.15) is 5.26 Å². The molecule has 2 atom stereocenters. The molecule has 122 valence electrons. The second kappa shape index (κ2) is 8.18. The van der Waals surface area contributed by atoms with Gasteiger partial charge in [-0.15, -0.1) is 0 Å². The molecule has 0 saturated heterocycles. The van der Waals surface area contributed by atoms with Crippen LogP contribution in [0.3, 0.4) is 0 Å². The molecular weight excluding hydrogens is 294 g/mol. The second-order valence-electron chi connectivity index (χ2n) is 5.70. The fourth-order valence-electron chi connectivity index (χ4n) is 2.81. The van der Waals surface area contributed by atoms with Gasteiger partial charge in [0.05, 0.1) is 5.92 Å². The minimum atomic E-state index is -0.529. The van der Waals surface area contributed by atoms with E-state index < -0.39 is 6.09 Å². The van der Waals surface area contributed by atoms with Gasteiger partial charge in [-0.1, -0.05) is 43.2 Å². The van der Waals surface area contributed by atoms with Crippen molar-refractivity contribution in [3.05, 3.63) is 35.9 Å². The van der Waals surface area contributed by atoms with Crippen LogP contribution in [-0.4, -0.2) is 30.0 Å². The Morgan fingerprint density at radius 2 is 2.00 bits per heavy atom. The fourth-order valence-corrected chi connectivity index (χ4v) is 2.81. The second-order valence-corrected chi connectivity index (χ2v) is 5.70. The number of nitrogens with zero attached hydrogens (tertiary/aromatic N) is 2. The van der Waals surface area contributed by atoms with E-state index in [-0.39, 0.29) is 24.5 Å². The van der Waals surface area contributed by atoms with Crippen molar-refractivity contribution < 1.29 is 14.3 Å². The Morgan fingerprint density at radius 3 is 2.70 bits per heavy atom. The predicted octanol–water partition coefficient (Wildman–Crippen LogP) is 2.41. The molecule has 0 aromatic heterocycles. The summed E-state index contributed by atoms with van der Waals surface area (Å²) in [5.74, 6) is -0.613. The monoisotopic (exact) mass is 315 g/mol. The van der Waals surface area contributed by atoms with Crippen molar-refractivity contribution in [2.45, 2.75) is 38.3 Å². The average Bonchev–Trinajstić information content (AvgIpc) is 2.60. The number of nitriles is 1. The van der Waals surface area contributed by atoms with E-state index in [0.29, 0.717) is 6.42 Å². The molecule has 1 aromatic rings. The van der Waals surface area contributed by atoms with Crippen LogP contribution in [0.5, 0.6) is 0 Å². The van der Waals surface area contributed by atoms with Crippen molar-refractivity contribution in [2.24, 2.45) is 5.92 Å². The number of carbonyl (C=O) groups excluding carboxylic acids is 2. The lowest BCUT2D eigenvalue weighted by atomic mass is 9.83. The van der Waals surface area contributed by atoms with E-state index >= 15 is 0 Å². The third-order valence-corrected chi connectivity index (χ3v) is 4.08. The molecule has 6 heteroatoms. The average molecular weight is 315 g/mol. The van der Waals surface area contributed by atoms with Crippen molar-refractivity contribution in [3.63, 3.8) is 0 Å². The lowest BCUT2D eigenvalue weighted by molar-refractivity contribution is -0.133.